The smallest absolute Gasteiger partial charge is 0.124 e. The molecule has 0 fully saturated rings. The summed E-state index contributed by atoms with van der Waals surface area (Å²) in [5, 5.41) is 8.46. The van der Waals surface area contributed by atoms with E-state index in [4.69, 9.17) is 5.11 Å². The standard InChI is InChI=1S/C25H54N.C7H6O2S/c1-5-8-11-14-17-20-23-26(4,24-21-18-15-12-9-6-2)25-22-19-16-13-10-7-3;8-6-4-2-1-3-5(6)7(9)10/h5-25H2,1-4H3;1-4,8H,(H,9,10)/q+1;/p-1. The van der Waals surface area contributed by atoms with Crippen molar-refractivity contribution in [2.75, 3.05) is 26.7 Å². The summed E-state index contributed by atoms with van der Waals surface area (Å²) in [5.41, 5.74) is 0.192. The van der Waals surface area contributed by atoms with E-state index >= 15 is 0 Å². The van der Waals surface area contributed by atoms with Crippen LogP contribution in [-0.2, 0) is 12.6 Å². The van der Waals surface area contributed by atoms with Crippen LogP contribution in [-0.4, -0.2) is 41.4 Å². The maximum Gasteiger partial charge on any atom is 0.124 e. The molecule has 0 amide bonds. The van der Waals surface area contributed by atoms with Crippen molar-refractivity contribution in [3.8, 4) is 5.75 Å². The number of hydrogen-bond donors (Lipinski definition) is 1. The SMILES string of the molecule is CCCCCCCC[N+](C)(CCCCCCCC)CCCCCCCC.O=C([S-])c1ccccc1O. The first-order chi connectivity index (χ1) is 17.4. The van der Waals surface area contributed by atoms with Crippen molar-refractivity contribution in [1.29, 1.82) is 0 Å². The first-order valence-corrected chi connectivity index (χ1v) is 15.6. The van der Waals surface area contributed by atoms with E-state index in [0.717, 1.165) is 0 Å². The highest BCUT2D eigenvalue weighted by atomic mass is 32.1. The number of hydrogen-bond acceptors (Lipinski definition) is 3. The predicted octanol–water partition coefficient (Wildman–Crippen LogP) is 9.59. The van der Waals surface area contributed by atoms with Crippen LogP contribution in [0.25, 0.3) is 0 Å². The molecule has 0 aliphatic rings. The van der Waals surface area contributed by atoms with Gasteiger partial charge >= 0.3 is 0 Å². The number of phenols is 1. The molecule has 1 rings (SSSR count). The molecule has 1 aromatic rings. The molecule has 36 heavy (non-hydrogen) atoms. The summed E-state index contributed by atoms with van der Waals surface area (Å²) >= 11 is 4.33. The van der Waals surface area contributed by atoms with E-state index in [2.05, 4.69) is 40.4 Å². The second kappa shape index (κ2) is 24.2. The third-order valence-corrected chi connectivity index (χ3v) is 7.50. The van der Waals surface area contributed by atoms with E-state index in [1.807, 2.05) is 0 Å². The van der Waals surface area contributed by atoms with Gasteiger partial charge in [-0.1, -0.05) is 110 Å². The van der Waals surface area contributed by atoms with E-state index < -0.39 is 5.12 Å². The Morgan fingerprint density at radius 3 is 1.28 bits per heavy atom. The predicted molar refractivity (Wildman–Crippen MR) is 161 cm³/mol. The van der Waals surface area contributed by atoms with Crippen LogP contribution in [0.1, 0.15) is 147 Å². The highest BCUT2D eigenvalue weighted by Crippen LogP contribution is 2.17. The van der Waals surface area contributed by atoms with Crippen molar-refractivity contribution in [1.82, 2.24) is 0 Å². The average molecular weight is 522 g/mol. The maximum atomic E-state index is 10.5. The molecule has 0 unspecified atom stereocenters. The number of phenolic OH excluding ortho intramolecular Hbond substituents is 1. The molecule has 0 atom stereocenters. The van der Waals surface area contributed by atoms with Crippen molar-refractivity contribution >= 4 is 17.7 Å². The second-order valence-corrected chi connectivity index (χ2v) is 11.3. The molecule has 210 valence electrons. The van der Waals surface area contributed by atoms with Crippen LogP contribution in [0.15, 0.2) is 24.3 Å². The van der Waals surface area contributed by atoms with Crippen LogP contribution < -0.4 is 0 Å². The van der Waals surface area contributed by atoms with E-state index in [9.17, 15) is 4.79 Å². The molecule has 0 saturated carbocycles. The van der Waals surface area contributed by atoms with E-state index in [0.29, 0.717) is 0 Å². The highest BCUT2D eigenvalue weighted by Gasteiger charge is 2.20. The lowest BCUT2D eigenvalue weighted by atomic mass is 10.1. The molecular formula is C32H59NO2S. The fourth-order valence-electron chi connectivity index (χ4n) is 4.80. The van der Waals surface area contributed by atoms with E-state index in [-0.39, 0.29) is 11.3 Å². The molecule has 0 spiro atoms. The summed E-state index contributed by atoms with van der Waals surface area (Å²) in [6.45, 7) is 11.2. The summed E-state index contributed by atoms with van der Waals surface area (Å²) in [5.74, 6) is -0.0532. The Kier molecular flexibility index (Phi) is 23.5. The quantitative estimate of drug-likeness (QED) is 0.0937. The van der Waals surface area contributed by atoms with Gasteiger partial charge in [0.1, 0.15) is 5.75 Å². The summed E-state index contributed by atoms with van der Waals surface area (Å²) in [6, 6.07) is 6.21. The number of carbonyl (C=O) groups is 1. The zero-order valence-electron chi connectivity index (χ0n) is 24.4. The monoisotopic (exact) mass is 521 g/mol. The van der Waals surface area contributed by atoms with Crippen LogP contribution in [0.3, 0.4) is 0 Å². The van der Waals surface area contributed by atoms with Gasteiger partial charge in [-0.05, 0) is 50.7 Å². The molecule has 4 heteroatoms. The number of benzene rings is 1. The number of aromatic hydroxyl groups is 1. The van der Waals surface area contributed by atoms with Crippen molar-refractivity contribution in [3.05, 3.63) is 29.8 Å². The Labute approximate surface area is 230 Å². The normalized spacial score (nSPS) is 11.2. The fraction of sp³-hybridized carbons (Fsp3) is 0.781. The first kappa shape index (κ1) is 34.9. The Morgan fingerprint density at radius 1 is 0.639 bits per heavy atom. The summed E-state index contributed by atoms with van der Waals surface area (Å²) in [4.78, 5) is 10.5. The molecular weight excluding hydrogens is 462 g/mol. The number of unbranched alkanes of at least 4 members (excludes halogenated alkanes) is 15. The van der Waals surface area contributed by atoms with Gasteiger partial charge in [-0.2, -0.15) is 0 Å². The van der Waals surface area contributed by atoms with Crippen LogP contribution in [0.5, 0.6) is 5.75 Å². The van der Waals surface area contributed by atoms with Crippen LogP contribution in [0.4, 0.5) is 0 Å². The van der Waals surface area contributed by atoms with E-state index in [1.54, 1.807) is 12.1 Å². The Balaban J connectivity index is 0.00000101. The topological polar surface area (TPSA) is 37.3 Å². The lowest BCUT2D eigenvalue weighted by Crippen LogP contribution is -2.46. The maximum absolute atomic E-state index is 10.5. The Morgan fingerprint density at radius 2 is 0.972 bits per heavy atom. The molecule has 3 nitrogen and oxygen atoms in total. The minimum absolute atomic E-state index is 0.0532. The van der Waals surface area contributed by atoms with Gasteiger partial charge in [-0.15, -0.1) is 0 Å². The molecule has 1 N–H and O–H groups in total. The third kappa shape index (κ3) is 20.0. The number of quaternary nitrogens is 1. The zero-order valence-corrected chi connectivity index (χ0v) is 25.2. The molecule has 0 aliphatic heterocycles. The van der Waals surface area contributed by atoms with Crippen molar-refractivity contribution in [3.63, 3.8) is 0 Å². The minimum Gasteiger partial charge on any atom is -0.737 e. The van der Waals surface area contributed by atoms with Crippen molar-refractivity contribution in [2.24, 2.45) is 0 Å². The third-order valence-electron chi connectivity index (χ3n) is 7.28. The number of carbonyl (C=O) groups excluding carboxylic acids is 1. The second-order valence-electron chi connectivity index (χ2n) is 10.9. The van der Waals surface area contributed by atoms with Gasteiger partial charge < -0.3 is 27.0 Å². The average Bonchev–Trinajstić information content (AvgIpc) is 2.86. The zero-order chi connectivity index (χ0) is 26.9. The lowest BCUT2D eigenvalue weighted by molar-refractivity contribution is -0.910. The molecule has 0 radical (unpaired) electrons. The summed E-state index contributed by atoms with van der Waals surface area (Å²) in [7, 11) is 2.56. The Hall–Kier alpha value is -1.13. The molecule has 0 heterocycles. The van der Waals surface area contributed by atoms with Gasteiger partial charge in [0.2, 0.25) is 0 Å². The number of rotatable bonds is 22. The molecule has 1 aromatic carbocycles. The molecule has 0 saturated heterocycles. The first-order valence-electron chi connectivity index (χ1n) is 15.2. The van der Waals surface area contributed by atoms with Crippen LogP contribution in [0, 0.1) is 0 Å². The number of nitrogens with zero attached hydrogens (tertiary/aromatic N) is 1. The van der Waals surface area contributed by atoms with Crippen LogP contribution >= 0.6 is 0 Å². The van der Waals surface area contributed by atoms with Gasteiger partial charge in [0.15, 0.2) is 0 Å². The minimum atomic E-state index is -0.530. The molecule has 0 aliphatic carbocycles. The highest BCUT2D eigenvalue weighted by molar-refractivity contribution is 7.77. The van der Waals surface area contributed by atoms with Gasteiger partial charge in [-0.25, -0.2) is 0 Å². The van der Waals surface area contributed by atoms with Gasteiger partial charge in [-0.3, -0.25) is 0 Å². The van der Waals surface area contributed by atoms with Crippen molar-refractivity contribution in [2.45, 2.75) is 136 Å². The van der Waals surface area contributed by atoms with Gasteiger partial charge in [0, 0.05) is 10.7 Å². The summed E-state index contributed by atoms with van der Waals surface area (Å²) in [6.07, 6.45) is 25.9. The van der Waals surface area contributed by atoms with Crippen LogP contribution in [0.2, 0.25) is 0 Å². The molecule has 0 aromatic heterocycles. The van der Waals surface area contributed by atoms with Gasteiger partial charge in [0.25, 0.3) is 0 Å². The number of para-hydroxylation sites is 1. The van der Waals surface area contributed by atoms with Crippen molar-refractivity contribution < 1.29 is 14.4 Å². The summed E-state index contributed by atoms with van der Waals surface area (Å²) < 4.78 is 1.36. The fourth-order valence-corrected chi connectivity index (χ4v) is 4.98. The lowest BCUT2D eigenvalue weighted by Gasteiger charge is -2.35. The largest absolute Gasteiger partial charge is 0.737 e. The van der Waals surface area contributed by atoms with E-state index in [1.165, 1.54) is 152 Å². The van der Waals surface area contributed by atoms with Gasteiger partial charge in [0.05, 0.1) is 26.7 Å². The molecule has 0 bridgehead atoms. The Bertz CT molecular complexity index is 594.